The Balaban J connectivity index is -0.0000000800. The van der Waals surface area contributed by atoms with Crippen molar-refractivity contribution in [3.05, 3.63) is 0 Å². The van der Waals surface area contributed by atoms with Crippen LogP contribution in [0.1, 0.15) is 0 Å². The van der Waals surface area contributed by atoms with Gasteiger partial charge in [0.05, 0.1) is 0 Å². The standard InChI is InChI=1S/Co.Mn.H2O4S/c;;1-5(2,3)4/h;;(H2,1,2,3,4). The zero-order valence-corrected chi connectivity index (χ0v) is 5.87. The molecule has 0 aromatic rings. The van der Waals surface area contributed by atoms with Gasteiger partial charge in [-0.25, -0.2) is 0 Å². The summed E-state index contributed by atoms with van der Waals surface area (Å²) in [5.41, 5.74) is 0. The normalized spacial score (nSPS) is 8.29. The van der Waals surface area contributed by atoms with Gasteiger partial charge in [-0.1, -0.05) is 0 Å². The SMILES string of the molecule is O=S(=O)(O)O.[Co].[Mn]. The summed E-state index contributed by atoms with van der Waals surface area (Å²) in [6.07, 6.45) is 0. The molecule has 7 heavy (non-hydrogen) atoms. The van der Waals surface area contributed by atoms with Crippen molar-refractivity contribution in [2.45, 2.75) is 0 Å². The van der Waals surface area contributed by atoms with E-state index in [9.17, 15) is 0 Å². The van der Waals surface area contributed by atoms with Gasteiger partial charge < -0.3 is 0 Å². The Morgan fingerprint density at radius 3 is 1.14 bits per heavy atom. The average molecular weight is 212 g/mol. The zero-order valence-electron chi connectivity index (χ0n) is 2.83. The van der Waals surface area contributed by atoms with E-state index in [0.29, 0.717) is 0 Å². The number of rotatable bonds is 0. The second-order valence-electron chi connectivity index (χ2n) is 0.448. The van der Waals surface area contributed by atoms with Crippen molar-refractivity contribution >= 4 is 10.4 Å². The van der Waals surface area contributed by atoms with Crippen LogP contribution in [-0.4, -0.2) is 17.5 Å². The Bertz CT molecular complexity index is 94.9. The molecule has 0 fully saturated rings. The molecule has 2 radical (unpaired) electrons. The van der Waals surface area contributed by atoms with Gasteiger partial charge in [-0.05, 0) is 0 Å². The topological polar surface area (TPSA) is 74.6 Å². The maximum atomic E-state index is 8.74. The molecule has 0 saturated carbocycles. The first-order chi connectivity index (χ1) is 2.00. The molecule has 4 nitrogen and oxygen atoms in total. The van der Waals surface area contributed by atoms with Crippen molar-refractivity contribution in [3.8, 4) is 0 Å². The van der Waals surface area contributed by atoms with Gasteiger partial charge >= 0.3 is 10.4 Å². The summed E-state index contributed by atoms with van der Waals surface area (Å²) in [7, 11) is -4.67. The van der Waals surface area contributed by atoms with Crippen LogP contribution >= 0.6 is 0 Å². The minimum atomic E-state index is -4.67. The van der Waals surface area contributed by atoms with Crippen molar-refractivity contribution in [2.75, 3.05) is 0 Å². The molecule has 2 N–H and O–H groups in total. The fraction of sp³-hybridized carbons (Fsp3) is 0. The Kier molecular flexibility index (Phi) is 11.3. The molecule has 0 rings (SSSR count). The van der Waals surface area contributed by atoms with Crippen LogP contribution in [0.3, 0.4) is 0 Å². The van der Waals surface area contributed by atoms with Gasteiger partial charge in [0.25, 0.3) is 0 Å². The summed E-state index contributed by atoms with van der Waals surface area (Å²) >= 11 is 0. The van der Waals surface area contributed by atoms with Gasteiger partial charge in [0.1, 0.15) is 0 Å². The van der Waals surface area contributed by atoms with Crippen molar-refractivity contribution < 1.29 is 51.4 Å². The molecule has 0 aromatic carbocycles. The van der Waals surface area contributed by atoms with Crippen LogP contribution in [0.2, 0.25) is 0 Å². The van der Waals surface area contributed by atoms with Gasteiger partial charge in [0, 0.05) is 33.8 Å². The molecule has 0 spiro atoms. The third-order valence-corrected chi connectivity index (χ3v) is 0. The minimum Gasteiger partial charge on any atom is -0.264 e. The Morgan fingerprint density at radius 1 is 1.14 bits per heavy atom. The predicted molar refractivity (Wildman–Crippen MR) is 14.2 cm³/mol. The van der Waals surface area contributed by atoms with Crippen LogP contribution in [0.15, 0.2) is 0 Å². The quantitative estimate of drug-likeness (QED) is 0.413. The van der Waals surface area contributed by atoms with Crippen LogP contribution in [0.25, 0.3) is 0 Å². The first-order valence-electron chi connectivity index (χ1n) is 0.698. The Labute approximate surface area is 61.9 Å². The molecule has 0 unspecified atom stereocenters. The van der Waals surface area contributed by atoms with Gasteiger partial charge in [-0.15, -0.1) is 0 Å². The van der Waals surface area contributed by atoms with Gasteiger partial charge in [-0.3, -0.25) is 9.11 Å². The molecule has 0 saturated heterocycles. The second kappa shape index (κ2) is 5.04. The molecule has 0 atom stereocenters. The summed E-state index contributed by atoms with van der Waals surface area (Å²) in [5.74, 6) is 0. The van der Waals surface area contributed by atoms with Gasteiger partial charge in [-0.2, -0.15) is 8.42 Å². The maximum Gasteiger partial charge on any atom is 0.394 e. The number of hydrogen-bond acceptors (Lipinski definition) is 2. The van der Waals surface area contributed by atoms with Crippen LogP contribution in [0, 0.1) is 0 Å². The van der Waals surface area contributed by atoms with Crippen molar-refractivity contribution in [2.24, 2.45) is 0 Å². The van der Waals surface area contributed by atoms with E-state index < -0.39 is 10.4 Å². The molecule has 0 amide bonds. The fourth-order valence-electron chi connectivity index (χ4n) is 0. The zero-order chi connectivity index (χ0) is 4.50. The third-order valence-electron chi connectivity index (χ3n) is 0. The fourth-order valence-corrected chi connectivity index (χ4v) is 0. The summed E-state index contributed by atoms with van der Waals surface area (Å²) in [4.78, 5) is 0. The van der Waals surface area contributed by atoms with E-state index in [2.05, 4.69) is 0 Å². The van der Waals surface area contributed by atoms with Crippen LogP contribution in [0.4, 0.5) is 0 Å². The summed E-state index contributed by atoms with van der Waals surface area (Å²) in [6, 6.07) is 0. The molecular weight excluding hydrogens is 210 g/mol. The molecule has 0 aliphatic heterocycles. The van der Waals surface area contributed by atoms with E-state index in [1.165, 1.54) is 0 Å². The molecule has 0 bridgehead atoms. The summed E-state index contributed by atoms with van der Waals surface area (Å²) in [5, 5.41) is 0. The van der Waals surface area contributed by atoms with Gasteiger partial charge in [0.15, 0.2) is 0 Å². The van der Waals surface area contributed by atoms with E-state index >= 15 is 0 Å². The van der Waals surface area contributed by atoms with E-state index in [0.717, 1.165) is 0 Å². The van der Waals surface area contributed by atoms with E-state index in [1.54, 1.807) is 0 Å². The molecule has 0 aliphatic rings. The summed E-state index contributed by atoms with van der Waals surface area (Å²) < 4.78 is 31.6. The van der Waals surface area contributed by atoms with Crippen molar-refractivity contribution in [1.29, 1.82) is 0 Å². The smallest absolute Gasteiger partial charge is 0.264 e. The second-order valence-corrected chi connectivity index (χ2v) is 1.34. The predicted octanol–water partition coefficient (Wildman–Crippen LogP) is -0.658. The third kappa shape index (κ3) is 206. The summed E-state index contributed by atoms with van der Waals surface area (Å²) in [6.45, 7) is 0. The largest absolute Gasteiger partial charge is 0.394 e. The number of hydrogen-bond donors (Lipinski definition) is 2. The average Bonchev–Trinajstić information content (AvgIpc) is 0.722. The molecule has 0 heterocycles. The first kappa shape index (κ1) is 15.7. The Hall–Kier alpha value is 0.896. The molecule has 0 aromatic heterocycles. The molecular formula is H2CoMnO4S. The van der Waals surface area contributed by atoms with E-state index in [-0.39, 0.29) is 33.8 Å². The van der Waals surface area contributed by atoms with Crippen LogP contribution in [-0.2, 0) is 44.2 Å². The molecule has 48 valence electrons. The monoisotopic (exact) mass is 212 g/mol. The maximum absolute atomic E-state index is 8.74. The van der Waals surface area contributed by atoms with Crippen LogP contribution in [0.5, 0.6) is 0 Å². The van der Waals surface area contributed by atoms with E-state index in [4.69, 9.17) is 17.5 Å². The first-order valence-corrected chi connectivity index (χ1v) is 2.10. The molecule has 7 heteroatoms. The van der Waals surface area contributed by atoms with Crippen molar-refractivity contribution in [3.63, 3.8) is 0 Å². The molecule has 0 aliphatic carbocycles. The minimum absolute atomic E-state index is 0. The Morgan fingerprint density at radius 2 is 1.14 bits per heavy atom. The van der Waals surface area contributed by atoms with Gasteiger partial charge in [0.2, 0.25) is 0 Å². The van der Waals surface area contributed by atoms with Crippen molar-refractivity contribution in [1.82, 2.24) is 0 Å². The van der Waals surface area contributed by atoms with E-state index in [1.807, 2.05) is 0 Å². The van der Waals surface area contributed by atoms with Crippen LogP contribution < -0.4 is 0 Å².